The highest BCUT2D eigenvalue weighted by Gasteiger charge is 2.07. The summed E-state index contributed by atoms with van der Waals surface area (Å²) < 4.78 is 28.9. The van der Waals surface area contributed by atoms with Crippen LogP contribution in [0.25, 0.3) is 6.08 Å². The van der Waals surface area contributed by atoms with E-state index in [0.29, 0.717) is 12.1 Å². The molecule has 2 aromatic rings. The van der Waals surface area contributed by atoms with Gasteiger partial charge in [0.2, 0.25) is 5.91 Å². The molecule has 0 unspecified atom stereocenters. The van der Waals surface area contributed by atoms with Crippen LogP contribution in [0.1, 0.15) is 10.4 Å². The average Bonchev–Trinajstić information content (AvgIpc) is 2.99. The zero-order valence-corrected chi connectivity index (χ0v) is 12.5. The Labute approximate surface area is 131 Å². The minimum absolute atomic E-state index is 0.0418. The molecule has 116 valence electrons. The molecule has 0 aliphatic heterocycles. The average molecular weight is 323 g/mol. The lowest BCUT2D eigenvalue weighted by Gasteiger charge is -2.07. The molecule has 0 saturated carbocycles. The minimum atomic E-state index is -2.89. The van der Waals surface area contributed by atoms with Crippen molar-refractivity contribution >= 4 is 23.3 Å². The Balaban J connectivity index is 1.86. The Kier molecular flexibility index (Phi) is 6.09. The van der Waals surface area contributed by atoms with Gasteiger partial charge in [-0.1, -0.05) is 24.3 Å². The molecular formula is C16H15F2NO2S. The third-order valence-corrected chi connectivity index (χ3v) is 3.74. The highest BCUT2D eigenvalue weighted by molar-refractivity contribution is 7.09. The van der Waals surface area contributed by atoms with Gasteiger partial charge >= 0.3 is 6.61 Å². The summed E-state index contributed by atoms with van der Waals surface area (Å²) in [4.78, 5) is 12.9. The summed E-state index contributed by atoms with van der Waals surface area (Å²) in [5.41, 5.74) is 0.427. The second kappa shape index (κ2) is 8.29. The number of alkyl halides is 2. The zero-order chi connectivity index (χ0) is 15.8. The van der Waals surface area contributed by atoms with Crippen LogP contribution in [-0.4, -0.2) is 19.1 Å². The molecule has 0 radical (unpaired) electrons. The molecule has 6 heteroatoms. The van der Waals surface area contributed by atoms with Crippen LogP contribution in [0.3, 0.4) is 0 Å². The number of ether oxygens (including phenoxy) is 1. The highest BCUT2D eigenvalue weighted by Crippen LogP contribution is 2.21. The zero-order valence-electron chi connectivity index (χ0n) is 11.7. The van der Waals surface area contributed by atoms with Crippen LogP contribution in [-0.2, 0) is 11.2 Å². The van der Waals surface area contributed by atoms with Gasteiger partial charge in [-0.3, -0.25) is 4.79 Å². The number of halogens is 2. The predicted molar refractivity (Wildman–Crippen MR) is 83.1 cm³/mol. The van der Waals surface area contributed by atoms with Crippen molar-refractivity contribution < 1.29 is 18.3 Å². The van der Waals surface area contributed by atoms with Crippen molar-refractivity contribution in [2.45, 2.75) is 13.0 Å². The molecule has 0 aliphatic carbocycles. The van der Waals surface area contributed by atoms with Crippen LogP contribution >= 0.6 is 11.3 Å². The summed E-state index contributed by atoms with van der Waals surface area (Å²) in [6.45, 7) is -2.37. The number of para-hydroxylation sites is 1. The number of hydrogen-bond acceptors (Lipinski definition) is 3. The standard InChI is InChI=1S/C16H15F2NO2S/c17-16(18)21-14-6-2-1-4-12(14)7-8-15(20)19-10-9-13-5-3-11-22-13/h1-8,11,16H,9-10H2,(H,19,20)/b8-7+. The number of benzene rings is 1. The van der Waals surface area contributed by atoms with E-state index in [-0.39, 0.29) is 11.7 Å². The lowest BCUT2D eigenvalue weighted by atomic mass is 10.2. The topological polar surface area (TPSA) is 38.3 Å². The number of carbonyl (C=O) groups is 1. The van der Waals surface area contributed by atoms with Crippen LogP contribution in [0, 0.1) is 0 Å². The van der Waals surface area contributed by atoms with E-state index >= 15 is 0 Å². The Morgan fingerprint density at radius 1 is 1.27 bits per heavy atom. The molecule has 1 aromatic heterocycles. The lowest BCUT2D eigenvalue weighted by molar-refractivity contribution is -0.116. The molecule has 1 heterocycles. The Morgan fingerprint density at radius 3 is 2.82 bits per heavy atom. The van der Waals surface area contributed by atoms with Crippen molar-refractivity contribution in [3.05, 3.63) is 58.3 Å². The quantitative estimate of drug-likeness (QED) is 0.789. The van der Waals surface area contributed by atoms with Crippen molar-refractivity contribution in [1.82, 2.24) is 5.32 Å². The van der Waals surface area contributed by atoms with Gasteiger partial charge in [-0.05, 0) is 30.0 Å². The first-order valence-corrected chi connectivity index (χ1v) is 7.55. The maximum Gasteiger partial charge on any atom is 0.387 e. The van der Waals surface area contributed by atoms with Gasteiger partial charge in [0.1, 0.15) is 5.75 Å². The van der Waals surface area contributed by atoms with Crippen molar-refractivity contribution in [3.8, 4) is 5.75 Å². The van der Waals surface area contributed by atoms with Crippen LogP contribution in [0.15, 0.2) is 47.9 Å². The van der Waals surface area contributed by atoms with Crippen molar-refractivity contribution in [2.75, 3.05) is 6.54 Å². The van der Waals surface area contributed by atoms with E-state index in [1.807, 2.05) is 17.5 Å². The second-order valence-electron chi connectivity index (χ2n) is 4.37. The number of thiophene rings is 1. The lowest BCUT2D eigenvalue weighted by Crippen LogP contribution is -2.23. The van der Waals surface area contributed by atoms with Gasteiger partial charge in [-0.2, -0.15) is 8.78 Å². The normalized spacial score (nSPS) is 11.0. The van der Waals surface area contributed by atoms with Gasteiger partial charge in [0.25, 0.3) is 0 Å². The first-order valence-electron chi connectivity index (χ1n) is 6.67. The predicted octanol–water partition coefficient (Wildman–Crippen LogP) is 3.72. The van der Waals surface area contributed by atoms with Crippen molar-refractivity contribution in [2.24, 2.45) is 0 Å². The van der Waals surface area contributed by atoms with Crippen LogP contribution in [0.4, 0.5) is 8.78 Å². The van der Waals surface area contributed by atoms with Crippen molar-refractivity contribution in [1.29, 1.82) is 0 Å². The molecule has 0 aliphatic rings. The van der Waals surface area contributed by atoms with Gasteiger partial charge in [0, 0.05) is 23.1 Å². The largest absolute Gasteiger partial charge is 0.434 e. The fourth-order valence-electron chi connectivity index (χ4n) is 1.81. The minimum Gasteiger partial charge on any atom is -0.434 e. The molecule has 22 heavy (non-hydrogen) atoms. The van der Waals surface area contributed by atoms with Gasteiger partial charge in [0.15, 0.2) is 0 Å². The third-order valence-electron chi connectivity index (χ3n) is 2.80. The Hall–Kier alpha value is -2.21. The maximum absolute atomic E-state index is 12.3. The number of amides is 1. The molecule has 1 N–H and O–H groups in total. The number of hydrogen-bond donors (Lipinski definition) is 1. The molecule has 0 bridgehead atoms. The van der Waals surface area contributed by atoms with E-state index in [4.69, 9.17) is 0 Å². The van der Waals surface area contributed by atoms with E-state index < -0.39 is 6.61 Å². The van der Waals surface area contributed by atoms with Gasteiger partial charge in [0.05, 0.1) is 0 Å². The van der Waals surface area contributed by atoms with E-state index in [9.17, 15) is 13.6 Å². The summed E-state index contributed by atoms with van der Waals surface area (Å²) in [5.74, 6) is -0.233. The Bertz CT molecular complexity index is 627. The maximum atomic E-state index is 12.3. The van der Waals surface area contributed by atoms with Crippen LogP contribution < -0.4 is 10.1 Å². The molecule has 0 atom stereocenters. The van der Waals surface area contributed by atoms with E-state index in [1.54, 1.807) is 29.5 Å². The number of rotatable bonds is 7. The van der Waals surface area contributed by atoms with Crippen LogP contribution in [0.5, 0.6) is 5.75 Å². The molecule has 1 amide bonds. The van der Waals surface area contributed by atoms with Gasteiger partial charge in [-0.25, -0.2) is 0 Å². The second-order valence-corrected chi connectivity index (χ2v) is 5.40. The smallest absolute Gasteiger partial charge is 0.387 e. The number of carbonyl (C=O) groups excluding carboxylic acids is 1. The molecule has 0 fully saturated rings. The fraction of sp³-hybridized carbons (Fsp3) is 0.188. The highest BCUT2D eigenvalue weighted by atomic mass is 32.1. The summed E-state index contributed by atoms with van der Waals surface area (Å²) in [5, 5.41) is 4.73. The molecular weight excluding hydrogens is 308 g/mol. The Morgan fingerprint density at radius 2 is 2.09 bits per heavy atom. The molecule has 2 rings (SSSR count). The molecule has 0 saturated heterocycles. The summed E-state index contributed by atoms with van der Waals surface area (Å²) in [6.07, 6.45) is 3.53. The SMILES string of the molecule is O=C(/C=C/c1ccccc1OC(F)F)NCCc1cccs1. The summed E-state index contributed by atoms with van der Waals surface area (Å²) in [7, 11) is 0. The first kappa shape index (κ1) is 16.2. The third kappa shape index (κ3) is 5.29. The van der Waals surface area contributed by atoms with Crippen molar-refractivity contribution in [3.63, 3.8) is 0 Å². The van der Waals surface area contributed by atoms with E-state index in [2.05, 4.69) is 10.1 Å². The van der Waals surface area contributed by atoms with Gasteiger partial charge in [-0.15, -0.1) is 11.3 Å². The van der Waals surface area contributed by atoms with Gasteiger partial charge < -0.3 is 10.1 Å². The molecule has 0 spiro atoms. The van der Waals surface area contributed by atoms with E-state index in [0.717, 1.165) is 6.42 Å². The first-order chi connectivity index (χ1) is 10.6. The van der Waals surface area contributed by atoms with E-state index in [1.165, 1.54) is 23.1 Å². The number of nitrogens with one attached hydrogen (secondary N) is 1. The monoisotopic (exact) mass is 323 g/mol. The summed E-state index contributed by atoms with van der Waals surface area (Å²) in [6, 6.07) is 10.3. The fourth-order valence-corrected chi connectivity index (χ4v) is 2.52. The molecule has 3 nitrogen and oxygen atoms in total. The van der Waals surface area contributed by atoms with Crippen LogP contribution in [0.2, 0.25) is 0 Å². The summed E-state index contributed by atoms with van der Waals surface area (Å²) >= 11 is 1.64. The molecule has 1 aromatic carbocycles.